The van der Waals surface area contributed by atoms with Gasteiger partial charge in [-0.05, 0) is 30.9 Å². The van der Waals surface area contributed by atoms with E-state index >= 15 is 0 Å². The molecule has 4 rings (SSSR count). The summed E-state index contributed by atoms with van der Waals surface area (Å²) in [7, 11) is 0. The molecule has 114 valence electrons. The van der Waals surface area contributed by atoms with E-state index in [0.717, 1.165) is 24.8 Å². The molecule has 1 fully saturated rings. The molecule has 1 aliphatic heterocycles. The van der Waals surface area contributed by atoms with Gasteiger partial charge < -0.3 is 15.2 Å². The molecule has 1 atom stereocenters. The molecule has 0 saturated heterocycles. The number of hydrogen-bond acceptors (Lipinski definition) is 3. The highest BCUT2D eigenvalue weighted by molar-refractivity contribution is 6.33. The highest BCUT2D eigenvalue weighted by atomic mass is 35.5. The van der Waals surface area contributed by atoms with Gasteiger partial charge in [0, 0.05) is 12.6 Å². The second-order valence-electron chi connectivity index (χ2n) is 5.93. The molecule has 2 heterocycles. The summed E-state index contributed by atoms with van der Waals surface area (Å²) >= 11 is 6.10. The molecule has 2 aliphatic rings. The number of imidazole rings is 1. The third kappa shape index (κ3) is 2.51. The Morgan fingerprint density at radius 1 is 1.36 bits per heavy atom. The van der Waals surface area contributed by atoms with Gasteiger partial charge >= 0.3 is 0 Å². The maximum absolute atomic E-state index is 12.5. The van der Waals surface area contributed by atoms with Crippen LogP contribution in [0.25, 0.3) is 0 Å². The topological polar surface area (TPSA) is 59.0 Å². The fourth-order valence-corrected chi connectivity index (χ4v) is 3.17. The van der Waals surface area contributed by atoms with Crippen molar-refractivity contribution in [2.24, 2.45) is 5.92 Å². The van der Waals surface area contributed by atoms with Crippen LogP contribution in [0.1, 0.15) is 29.2 Å². The zero-order valence-corrected chi connectivity index (χ0v) is 12.8. The molecule has 1 saturated carbocycles. The van der Waals surface area contributed by atoms with Gasteiger partial charge in [-0.15, -0.1) is 0 Å². The van der Waals surface area contributed by atoms with Gasteiger partial charge in [-0.2, -0.15) is 0 Å². The number of anilines is 1. The quantitative estimate of drug-likeness (QED) is 0.915. The third-order valence-electron chi connectivity index (χ3n) is 4.39. The summed E-state index contributed by atoms with van der Waals surface area (Å²) in [4.78, 5) is 16.9. The summed E-state index contributed by atoms with van der Waals surface area (Å²) < 4.78 is 2.03. The van der Waals surface area contributed by atoms with Crippen LogP contribution in [0.4, 0.5) is 5.69 Å². The molecule has 1 aromatic carbocycles. The smallest absolute Gasteiger partial charge is 0.273 e. The Morgan fingerprint density at radius 2 is 2.18 bits per heavy atom. The number of rotatable bonds is 3. The van der Waals surface area contributed by atoms with Gasteiger partial charge in [0.25, 0.3) is 5.91 Å². The number of para-hydroxylation sites is 1. The number of hydrogen-bond donors (Lipinski definition) is 2. The zero-order chi connectivity index (χ0) is 15.1. The fraction of sp³-hybridized carbons (Fsp3) is 0.375. The molecule has 0 unspecified atom stereocenters. The molecular weight excluding hydrogens is 300 g/mol. The van der Waals surface area contributed by atoms with Crippen LogP contribution in [-0.4, -0.2) is 21.5 Å². The summed E-state index contributed by atoms with van der Waals surface area (Å²) in [5.74, 6) is 1.50. The monoisotopic (exact) mass is 316 g/mol. The second kappa shape index (κ2) is 5.41. The fourth-order valence-electron chi connectivity index (χ4n) is 2.99. The van der Waals surface area contributed by atoms with E-state index in [0.29, 0.717) is 22.4 Å². The van der Waals surface area contributed by atoms with E-state index in [-0.39, 0.29) is 5.91 Å². The van der Waals surface area contributed by atoms with Gasteiger partial charge in [-0.25, -0.2) is 4.98 Å². The highest BCUT2D eigenvalue weighted by Crippen LogP contribution is 2.35. The van der Waals surface area contributed by atoms with E-state index < -0.39 is 0 Å². The average Bonchev–Trinajstić information content (AvgIpc) is 3.29. The molecule has 1 aromatic heterocycles. The number of nitrogens with zero attached hydrogens (tertiary/aromatic N) is 2. The summed E-state index contributed by atoms with van der Waals surface area (Å²) in [5.41, 5.74) is 1.22. The molecule has 1 aliphatic carbocycles. The first kappa shape index (κ1) is 13.8. The molecule has 0 bridgehead atoms. The second-order valence-corrected chi connectivity index (χ2v) is 6.34. The predicted molar refractivity (Wildman–Crippen MR) is 85.0 cm³/mol. The zero-order valence-electron chi connectivity index (χ0n) is 12.1. The maximum Gasteiger partial charge on any atom is 0.273 e. The van der Waals surface area contributed by atoms with Gasteiger partial charge in [-0.3, -0.25) is 4.79 Å². The van der Waals surface area contributed by atoms with E-state index in [1.54, 1.807) is 18.3 Å². The molecule has 5 nitrogen and oxygen atoms in total. The lowest BCUT2D eigenvalue weighted by atomic mass is 10.1. The molecule has 2 N–H and O–H groups in total. The molecule has 0 radical (unpaired) electrons. The van der Waals surface area contributed by atoms with Gasteiger partial charge in [0.1, 0.15) is 11.5 Å². The Morgan fingerprint density at radius 3 is 2.95 bits per heavy atom. The largest absolute Gasteiger partial charge is 0.321 e. The van der Waals surface area contributed by atoms with Crippen LogP contribution in [0.3, 0.4) is 0 Å². The average molecular weight is 317 g/mol. The number of fused-ring (bicyclic) bond motifs is 1. The van der Waals surface area contributed by atoms with E-state index in [9.17, 15) is 4.79 Å². The van der Waals surface area contributed by atoms with Crippen molar-refractivity contribution in [2.45, 2.75) is 32.0 Å². The van der Waals surface area contributed by atoms with Crippen molar-refractivity contribution in [1.82, 2.24) is 14.9 Å². The Labute approximate surface area is 133 Å². The summed E-state index contributed by atoms with van der Waals surface area (Å²) in [6.07, 6.45) is 4.21. The van der Waals surface area contributed by atoms with Crippen LogP contribution in [0, 0.1) is 5.92 Å². The Kier molecular flexibility index (Phi) is 3.39. The first-order valence-electron chi connectivity index (χ1n) is 7.56. The minimum absolute atomic E-state index is 0.164. The molecule has 22 heavy (non-hydrogen) atoms. The lowest BCUT2D eigenvalue weighted by molar-refractivity contribution is 0.101. The van der Waals surface area contributed by atoms with Crippen LogP contribution in [-0.2, 0) is 13.1 Å². The number of halogens is 1. The highest BCUT2D eigenvalue weighted by Gasteiger charge is 2.35. The SMILES string of the molecule is O=C(Nc1ccccc1Cl)c1cnc2n1C[C@@H](C1CC1)NC2. The molecule has 0 spiro atoms. The number of amides is 1. The lowest BCUT2D eigenvalue weighted by Crippen LogP contribution is -2.41. The standard InChI is InChI=1S/C16H17ClN4O/c17-11-3-1-2-4-12(11)20-16(22)14-7-19-15-8-18-13(9-21(14)15)10-5-6-10/h1-4,7,10,13,18H,5-6,8-9H2,(H,20,22)/t13-/m0/s1. The van der Waals surface area contributed by atoms with Crippen LogP contribution >= 0.6 is 11.6 Å². The number of nitrogens with one attached hydrogen (secondary N) is 2. The Hall–Kier alpha value is -1.85. The van der Waals surface area contributed by atoms with Crippen molar-refractivity contribution < 1.29 is 4.79 Å². The number of benzene rings is 1. The van der Waals surface area contributed by atoms with Crippen LogP contribution < -0.4 is 10.6 Å². The lowest BCUT2D eigenvalue weighted by Gasteiger charge is -2.26. The molecule has 2 aromatic rings. The van der Waals surface area contributed by atoms with E-state index in [1.165, 1.54) is 12.8 Å². The van der Waals surface area contributed by atoms with Crippen molar-refractivity contribution in [2.75, 3.05) is 5.32 Å². The van der Waals surface area contributed by atoms with Crippen molar-refractivity contribution >= 4 is 23.2 Å². The minimum atomic E-state index is -0.164. The van der Waals surface area contributed by atoms with Crippen molar-refractivity contribution in [3.8, 4) is 0 Å². The molecule has 6 heteroatoms. The Balaban J connectivity index is 1.57. The van der Waals surface area contributed by atoms with Crippen molar-refractivity contribution in [3.05, 3.63) is 47.0 Å². The van der Waals surface area contributed by atoms with Crippen LogP contribution in [0.2, 0.25) is 5.02 Å². The van der Waals surface area contributed by atoms with Gasteiger partial charge in [0.05, 0.1) is 23.5 Å². The van der Waals surface area contributed by atoms with Crippen molar-refractivity contribution in [1.29, 1.82) is 0 Å². The van der Waals surface area contributed by atoms with E-state index in [2.05, 4.69) is 15.6 Å². The van der Waals surface area contributed by atoms with Crippen LogP contribution in [0.15, 0.2) is 30.5 Å². The van der Waals surface area contributed by atoms with E-state index in [1.807, 2.05) is 16.7 Å². The first-order chi connectivity index (χ1) is 10.7. The molecule has 1 amide bonds. The number of carbonyl (C=O) groups is 1. The van der Waals surface area contributed by atoms with Crippen molar-refractivity contribution in [3.63, 3.8) is 0 Å². The van der Waals surface area contributed by atoms with Gasteiger partial charge in [0.15, 0.2) is 0 Å². The van der Waals surface area contributed by atoms with E-state index in [4.69, 9.17) is 11.6 Å². The Bertz CT molecular complexity index is 723. The molecular formula is C16H17ClN4O. The van der Waals surface area contributed by atoms with Gasteiger partial charge in [-0.1, -0.05) is 23.7 Å². The summed E-state index contributed by atoms with van der Waals surface area (Å²) in [6, 6.07) is 7.69. The summed E-state index contributed by atoms with van der Waals surface area (Å²) in [5, 5.41) is 6.92. The normalized spacial score (nSPS) is 20.5. The van der Waals surface area contributed by atoms with Gasteiger partial charge in [0.2, 0.25) is 0 Å². The first-order valence-corrected chi connectivity index (χ1v) is 7.94. The predicted octanol–water partition coefficient (Wildman–Crippen LogP) is 2.67. The number of carbonyl (C=O) groups excluding carboxylic acids is 1. The summed E-state index contributed by atoms with van der Waals surface area (Å²) in [6.45, 7) is 1.53. The maximum atomic E-state index is 12.5. The number of aromatic nitrogens is 2. The third-order valence-corrected chi connectivity index (χ3v) is 4.72. The van der Waals surface area contributed by atoms with Crippen LogP contribution in [0.5, 0.6) is 0 Å². The minimum Gasteiger partial charge on any atom is -0.321 e.